The third-order valence-electron chi connectivity index (χ3n) is 4.63. The second-order valence-electron chi connectivity index (χ2n) is 6.97. The normalized spacial score (nSPS) is 10.8. The average Bonchev–Trinajstić information content (AvgIpc) is 3.44. The van der Waals surface area contributed by atoms with E-state index in [0.29, 0.717) is 30.3 Å². The smallest absolute Gasteiger partial charge is 0.226 e. The minimum Gasteiger partial charge on any atom is -0.496 e. The number of hydrogen-bond acceptors (Lipinski definition) is 7. The molecule has 0 saturated heterocycles. The summed E-state index contributed by atoms with van der Waals surface area (Å²) < 4.78 is 5.43. The average molecular weight is 435 g/mol. The Bertz CT molecular complexity index is 1170. The van der Waals surface area contributed by atoms with E-state index in [0.717, 1.165) is 28.1 Å². The fraction of sp³-hybridized carbons (Fsp3) is 0.227. The topological polar surface area (TPSA) is 94.8 Å². The van der Waals surface area contributed by atoms with Crippen LogP contribution in [-0.2, 0) is 11.3 Å². The van der Waals surface area contributed by atoms with Gasteiger partial charge in [-0.15, -0.1) is 21.5 Å². The van der Waals surface area contributed by atoms with E-state index in [1.165, 1.54) is 16.1 Å². The summed E-state index contributed by atoms with van der Waals surface area (Å²) in [7, 11) is 1.63. The first-order valence-corrected chi connectivity index (χ1v) is 10.7. The molecule has 1 amide bonds. The standard InChI is InChI=1S/C22H22N6O2S/c1-15-10-11-19(30-2)17(13-15)18-14-31-22(23-18)24-20(29)9-6-12-28-26-21(25-27-28)16-7-4-3-5-8-16/h3-5,7-8,10-11,13-14H,6,9,12H2,1-2H3,(H,23,24,29). The van der Waals surface area contributed by atoms with Crippen molar-refractivity contribution in [3.8, 4) is 28.4 Å². The van der Waals surface area contributed by atoms with Crippen LogP contribution in [0.25, 0.3) is 22.6 Å². The number of carbonyl (C=O) groups excluding carboxylic acids is 1. The molecule has 0 radical (unpaired) electrons. The van der Waals surface area contributed by atoms with Gasteiger partial charge in [0.15, 0.2) is 5.13 Å². The molecule has 4 rings (SSSR count). The molecule has 9 heteroatoms. The number of amides is 1. The summed E-state index contributed by atoms with van der Waals surface area (Å²) in [6.45, 7) is 2.53. The van der Waals surface area contributed by atoms with E-state index in [2.05, 4.69) is 25.7 Å². The lowest BCUT2D eigenvalue weighted by molar-refractivity contribution is -0.116. The highest BCUT2D eigenvalue weighted by Crippen LogP contribution is 2.33. The first-order valence-electron chi connectivity index (χ1n) is 9.86. The van der Waals surface area contributed by atoms with Crippen LogP contribution >= 0.6 is 11.3 Å². The van der Waals surface area contributed by atoms with E-state index in [1.54, 1.807) is 7.11 Å². The number of hydrogen-bond donors (Lipinski definition) is 1. The monoisotopic (exact) mass is 434 g/mol. The number of carbonyl (C=O) groups is 1. The highest BCUT2D eigenvalue weighted by Gasteiger charge is 2.12. The van der Waals surface area contributed by atoms with E-state index < -0.39 is 0 Å². The fourth-order valence-corrected chi connectivity index (χ4v) is 3.81. The molecule has 4 aromatic rings. The summed E-state index contributed by atoms with van der Waals surface area (Å²) in [6, 6.07) is 15.6. The van der Waals surface area contributed by atoms with Gasteiger partial charge in [-0.1, -0.05) is 42.0 Å². The van der Waals surface area contributed by atoms with Crippen LogP contribution in [0.15, 0.2) is 53.9 Å². The summed E-state index contributed by atoms with van der Waals surface area (Å²) in [5.41, 5.74) is 3.72. The van der Waals surface area contributed by atoms with Crippen LogP contribution in [0.4, 0.5) is 5.13 Å². The molecule has 0 unspecified atom stereocenters. The van der Waals surface area contributed by atoms with Gasteiger partial charge < -0.3 is 10.1 Å². The lowest BCUT2D eigenvalue weighted by Gasteiger charge is -2.07. The molecule has 0 atom stereocenters. The van der Waals surface area contributed by atoms with Crippen LogP contribution in [0.1, 0.15) is 18.4 Å². The van der Waals surface area contributed by atoms with Crippen LogP contribution in [0.3, 0.4) is 0 Å². The maximum Gasteiger partial charge on any atom is 0.226 e. The Morgan fingerprint density at radius 1 is 1.19 bits per heavy atom. The minimum absolute atomic E-state index is 0.0968. The molecule has 0 fully saturated rings. The first-order chi connectivity index (χ1) is 15.1. The summed E-state index contributed by atoms with van der Waals surface area (Å²) in [6.07, 6.45) is 0.936. The third-order valence-corrected chi connectivity index (χ3v) is 5.39. The van der Waals surface area contributed by atoms with Gasteiger partial charge in [0.1, 0.15) is 5.75 Å². The number of benzene rings is 2. The molecular weight excluding hydrogens is 412 g/mol. The summed E-state index contributed by atoms with van der Waals surface area (Å²) in [5, 5.41) is 17.8. The van der Waals surface area contributed by atoms with E-state index in [1.807, 2.05) is 60.8 Å². The Balaban J connectivity index is 1.30. The van der Waals surface area contributed by atoms with Crippen LogP contribution in [0, 0.1) is 6.92 Å². The molecule has 31 heavy (non-hydrogen) atoms. The molecule has 2 heterocycles. The van der Waals surface area contributed by atoms with Crippen LogP contribution in [0.2, 0.25) is 0 Å². The molecule has 0 aliphatic carbocycles. The van der Waals surface area contributed by atoms with Crippen LogP contribution in [0.5, 0.6) is 5.75 Å². The molecule has 0 aliphatic heterocycles. The molecule has 1 N–H and O–H groups in total. The SMILES string of the molecule is COc1ccc(C)cc1-c1csc(NC(=O)CCCn2nnc(-c3ccccc3)n2)n1. The number of tetrazole rings is 1. The molecule has 2 aromatic heterocycles. The number of nitrogens with zero attached hydrogens (tertiary/aromatic N) is 5. The van der Waals surface area contributed by atoms with E-state index >= 15 is 0 Å². The number of aromatic nitrogens is 5. The van der Waals surface area contributed by atoms with Crippen molar-refractivity contribution < 1.29 is 9.53 Å². The lowest BCUT2D eigenvalue weighted by Crippen LogP contribution is -2.13. The molecule has 0 spiro atoms. The predicted molar refractivity (Wildman–Crippen MR) is 120 cm³/mol. The van der Waals surface area contributed by atoms with Gasteiger partial charge >= 0.3 is 0 Å². The zero-order valence-corrected chi connectivity index (χ0v) is 18.1. The Morgan fingerprint density at radius 2 is 2.03 bits per heavy atom. The highest BCUT2D eigenvalue weighted by molar-refractivity contribution is 7.14. The van der Waals surface area contributed by atoms with Gasteiger partial charge in [0.05, 0.1) is 19.3 Å². The van der Waals surface area contributed by atoms with Crippen LogP contribution < -0.4 is 10.1 Å². The van der Waals surface area contributed by atoms with Gasteiger partial charge in [0.2, 0.25) is 11.7 Å². The van der Waals surface area contributed by atoms with Gasteiger partial charge in [-0.3, -0.25) is 4.79 Å². The molecule has 2 aromatic carbocycles. The molecule has 8 nitrogen and oxygen atoms in total. The largest absolute Gasteiger partial charge is 0.496 e. The van der Waals surface area contributed by atoms with Crippen molar-refractivity contribution in [3.63, 3.8) is 0 Å². The maximum absolute atomic E-state index is 12.3. The van der Waals surface area contributed by atoms with Crippen molar-refractivity contribution in [1.29, 1.82) is 0 Å². The minimum atomic E-state index is -0.0968. The van der Waals surface area contributed by atoms with E-state index in [4.69, 9.17) is 4.74 Å². The van der Waals surface area contributed by atoms with E-state index in [-0.39, 0.29) is 5.91 Å². The van der Waals surface area contributed by atoms with Crippen molar-refractivity contribution in [2.75, 3.05) is 12.4 Å². The van der Waals surface area contributed by atoms with Gasteiger partial charge in [-0.05, 0) is 30.7 Å². The summed E-state index contributed by atoms with van der Waals surface area (Å²) >= 11 is 1.39. The summed E-state index contributed by atoms with van der Waals surface area (Å²) in [4.78, 5) is 18.4. The number of anilines is 1. The quantitative estimate of drug-likeness (QED) is 0.447. The van der Waals surface area contributed by atoms with Crippen molar-refractivity contribution in [2.45, 2.75) is 26.3 Å². The Kier molecular flexibility index (Phi) is 6.32. The second kappa shape index (κ2) is 9.48. The fourth-order valence-electron chi connectivity index (χ4n) is 3.08. The van der Waals surface area contributed by atoms with Crippen molar-refractivity contribution >= 4 is 22.4 Å². The van der Waals surface area contributed by atoms with Gasteiger partial charge in [0.25, 0.3) is 0 Å². The first kappa shape index (κ1) is 20.7. The van der Waals surface area contributed by atoms with Crippen molar-refractivity contribution in [3.05, 3.63) is 59.5 Å². The summed E-state index contributed by atoms with van der Waals surface area (Å²) in [5.74, 6) is 1.23. The number of rotatable bonds is 8. The maximum atomic E-state index is 12.3. The molecular formula is C22H22N6O2S. The zero-order chi connectivity index (χ0) is 21.6. The second-order valence-corrected chi connectivity index (χ2v) is 7.83. The zero-order valence-electron chi connectivity index (χ0n) is 17.3. The Morgan fingerprint density at radius 3 is 2.84 bits per heavy atom. The molecule has 0 aliphatic rings. The lowest BCUT2D eigenvalue weighted by atomic mass is 10.1. The number of ether oxygens (including phenoxy) is 1. The van der Waals surface area contributed by atoms with Crippen molar-refractivity contribution in [1.82, 2.24) is 25.2 Å². The van der Waals surface area contributed by atoms with Crippen LogP contribution in [-0.4, -0.2) is 38.2 Å². The number of nitrogens with one attached hydrogen (secondary N) is 1. The van der Waals surface area contributed by atoms with Crippen molar-refractivity contribution in [2.24, 2.45) is 0 Å². The van der Waals surface area contributed by atoms with E-state index in [9.17, 15) is 4.79 Å². The van der Waals surface area contributed by atoms with Gasteiger partial charge in [-0.2, -0.15) is 4.80 Å². The van der Waals surface area contributed by atoms with Gasteiger partial charge in [0, 0.05) is 22.9 Å². The molecule has 158 valence electrons. The highest BCUT2D eigenvalue weighted by atomic mass is 32.1. The number of aryl methyl sites for hydroxylation is 2. The van der Waals surface area contributed by atoms with Gasteiger partial charge in [-0.25, -0.2) is 4.98 Å². The molecule has 0 bridgehead atoms. The molecule has 0 saturated carbocycles. The number of thiazole rings is 1. The predicted octanol–water partition coefficient (Wildman–Crippen LogP) is 4.20. The number of methoxy groups -OCH3 is 1. The Hall–Kier alpha value is -3.59. The Labute approximate surface area is 183 Å². The third kappa shape index (κ3) is 5.13.